The topological polar surface area (TPSA) is 52.6 Å². The zero-order chi connectivity index (χ0) is 18.3. The second-order valence-corrected chi connectivity index (χ2v) is 5.88. The van der Waals surface area contributed by atoms with Crippen molar-refractivity contribution < 1.29 is 32.2 Å². The number of carbonyl (C=O) groups excluding carboxylic acids is 2. The van der Waals surface area contributed by atoms with E-state index in [1.807, 2.05) is 6.92 Å². The molecular weight excluding hydrogens is 325 g/mol. The number of hydrogen-bond acceptors (Lipinski definition) is 4. The Morgan fingerprint density at radius 1 is 1.00 bits per heavy atom. The van der Waals surface area contributed by atoms with Crippen molar-refractivity contribution in [2.75, 3.05) is 6.61 Å². The van der Waals surface area contributed by atoms with Crippen LogP contribution < -0.4 is 4.74 Å². The van der Waals surface area contributed by atoms with E-state index in [1.165, 1.54) is 13.8 Å². The molecule has 134 valence electrons. The highest BCUT2D eigenvalue weighted by Crippen LogP contribution is 2.26. The van der Waals surface area contributed by atoms with Crippen molar-refractivity contribution in [2.24, 2.45) is 5.41 Å². The molecule has 0 aliphatic rings. The van der Waals surface area contributed by atoms with Gasteiger partial charge < -0.3 is 9.47 Å². The summed E-state index contributed by atoms with van der Waals surface area (Å²) in [5.74, 6) is -7.53. The minimum absolute atomic E-state index is 0.162. The molecule has 0 aromatic heterocycles. The van der Waals surface area contributed by atoms with E-state index in [4.69, 9.17) is 9.47 Å². The minimum Gasteiger partial charge on any atom is -0.465 e. The van der Waals surface area contributed by atoms with Gasteiger partial charge in [-0.1, -0.05) is 26.2 Å². The number of ether oxygens (including phenoxy) is 2. The number of esters is 2. The monoisotopic (exact) mass is 346 g/mol. The standard InChI is InChI=1S/C17H21F3O4/c1-4-5-6-7-10-23-15(21)17(2,3)16(22)24-12-9-8-11(18)13(19)14(12)20/h8-9H,4-7,10H2,1-3H3. The molecule has 24 heavy (non-hydrogen) atoms. The second kappa shape index (κ2) is 8.70. The first-order valence-electron chi connectivity index (χ1n) is 7.74. The van der Waals surface area contributed by atoms with Crippen LogP contribution in [-0.4, -0.2) is 18.5 Å². The maximum Gasteiger partial charge on any atom is 0.328 e. The largest absolute Gasteiger partial charge is 0.465 e. The summed E-state index contributed by atoms with van der Waals surface area (Å²) < 4.78 is 49.2. The average molecular weight is 346 g/mol. The fourth-order valence-corrected chi connectivity index (χ4v) is 1.77. The minimum atomic E-state index is -1.75. The van der Waals surface area contributed by atoms with Gasteiger partial charge in [0.2, 0.25) is 5.82 Å². The lowest BCUT2D eigenvalue weighted by molar-refractivity contribution is -0.164. The van der Waals surface area contributed by atoms with E-state index in [9.17, 15) is 22.8 Å². The first-order valence-corrected chi connectivity index (χ1v) is 7.74. The highest BCUT2D eigenvalue weighted by atomic mass is 19.2. The van der Waals surface area contributed by atoms with Gasteiger partial charge in [-0.3, -0.25) is 9.59 Å². The van der Waals surface area contributed by atoms with E-state index in [-0.39, 0.29) is 6.61 Å². The summed E-state index contributed by atoms with van der Waals surface area (Å²) in [5.41, 5.74) is -1.71. The average Bonchev–Trinajstić information content (AvgIpc) is 2.54. The maximum absolute atomic E-state index is 13.5. The van der Waals surface area contributed by atoms with E-state index in [2.05, 4.69) is 0 Å². The zero-order valence-corrected chi connectivity index (χ0v) is 14.0. The van der Waals surface area contributed by atoms with Gasteiger partial charge in [0.15, 0.2) is 22.8 Å². The number of rotatable bonds is 8. The molecule has 0 aliphatic heterocycles. The van der Waals surface area contributed by atoms with Crippen molar-refractivity contribution in [3.8, 4) is 5.75 Å². The third-order valence-corrected chi connectivity index (χ3v) is 3.45. The third-order valence-electron chi connectivity index (χ3n) is 3.45. The van der Waals surface area contributed by atoms with Crippen molar-refractivity contribution in [2.45, 2.75) is 46.5 Å². The van der Waals surface area contributed by atoms with Crippen molar-refractivity contribution in [1.29, 1.82) is 0 Å². The summed E-state index contributed by atoms with van der Waals surface area (Å²) in [6.45, 7) is 4.71. The molecule has 0 radical (unpaired) electrons. The number of halogens is 3. The van der Waals surface area contributed by atoms with Gasteiger partial charge in [0.05, 0.1) is 6.61 Å². The van der Waals surface area contributed by atoms with Crippen molar-refractivity contribution in [1.82, 2.24) is 0 Å². The summed E-state index contributed by atoms with van der Waals surface area (Å²) in [6.07, 6.45) is 3.61. The van der Waals surface area contributed by atoms with Crippen molar-refractivity contribution >= 4 is 11.9 Å². The van der Waals surface area contributed by atoms with Gasteiger partial charge in [-0.15, -0.1) is 0 Å². The predicted octanol–water partition coefficient (Wildman–Crippen LogP) is 4.16. The van der Waals surface area contributed by atoms with Gasteiger partial charge in [0.25, 0.3) is 0 Å². The molecule has 4 nitrogen and oxygen atoms in total. The molecule has 0 saturated carbocycles. The molecule has 0 saturated heterocycles. The van der Waals surface area contributed by atoms with E-state index in [1.54, 1.807) is 0 Å². The Hall–Kier alpha value is -2.05. The van der Waals surface area contributed by atoms with Gasteiger partial charge in [-0.2, -0.15) is 4.39 Å². The third kappa shape index (κ3) is 4.97. The maximum atomic E-state index is 13.5. The van der Waals surface area contributed by atoms with Gasteiger partial charge in [-0.25, -0.2) is 8.78 Å². The van der Waals surface area contributed by atoms with Crippen molar-refractivity contribution in [3.05, 3.63) is 29.6 Å². The lowest BCUT2D eigenvalue weighted by atomic mass is 9.94. The Morgan fingerprint density at radius 3 is 2.29 bits per heavy atom. The Labute approximate surface area is 138 Å². The van der Waals surface area contributed by atoms with E-state index in [0.29, 0.717) is 12.5 Å². The number of unbranched alkanes of at least 4 members (excludes halogenated alkanes) is 3. The fourth-order valence-electron chi connectivity index (χ4n) is 1.77. The molecule has 1 aromatic carbocycles. The fraction of sp³-hybridized carbons (Fsp3) is 0.529. The van der Waals surface area contributed by atoms with Crippen molar-refractivity contribution in [3.63, 3.8) is 0 Å². The molecule has 0 amide bonds. The van der Waals surface area contributed by atoms with Crippen LogP contribution in [0.4, 0.5) is 13.2 Å². The van der Waals surface area contributed by atoms with Crippen LogP contribution >= 0.6 is 0 Å². The molecule has 0 bridgehead atoms. The quantitative estimate of drug-likeness (QED) is 0.233. The molecule has 7 heteroatoms. The number of hydrogen-bond donors (Lipinski definition) is 0. The molecule has 0 heterocycles. The first kappa shape index (κ1) is 20.0. The molecule has 0 aliphatic carbocycles. The zero-order valence-electron chi connectivity index (χ0n) is 14.0. The van der Waals surface area contributed by atoms with E-state index in [0.717, 1.165) is 25.3 Å². The Bertz CT molecular complexity index is 600. The summed E-state index contributed by atoms with van der Waals surface area (Å²) in [5, 5.41) is 0. The summed E-state index contributed by atoms with van der Waals surface area (Å²) in [6, 6.07) is 1.40. The Balaban J connectivity index is 2.68. The van der Waals surface area contributed by atoms with Crippen LogP contribution in [0.15, 0.2) is 12.1 Å². The Morgan fingerprint density at radius 2 is 1.67 bits per heavy atom. The molecule has 1 aromatic rings. The summed E-state index contributed by atoms with van der Waals surface area (Å²) >= 11 is 0. The summed E-state index contributed by atoms with van der Waals surface area (Å²) in [4.78, 5) is 24.0. The SMILES string of the molecule is CCCCCCOC(=O)C(C)(C)C(=O)Oc1ccc(F)c(F)c1F. The van der Waals surface area contributed by atoms with E-state index >= 15 is 0 Å². The molecule has 0 N–H and O–H groups in total. The van der Waals surface area contributed by atoms with Crippen LogP contribution in [0.1, 0.15) is 46.5 Å². The Kier molecular flexibility index (Phi) is 7.25. The van der Waals surface area contributed by atoms with Gasteiger partial charge in [0, 0.05) is 0 Å². The molecule has 0 atom stereocenters. The summed E-state index contributed by atoms with van der Waals surface area (Å²) in [7, 11) is 0. The van der Waals surface area contributed by atoms with Crippen LogP contribution in [0, 0.1) is 22.9 Å². The highest BCUT2D eigenvalue weighted by molar-refractivity contribution is 5.99. The van der Waals surface area contributed by atoms with Gasteiger partial charge >= 0.3 is 11.9 Å². The van der Waals surface area contributed by atoms with Gasteiger partial charge in [0.1, 0.15) is 0 Å². The lowest BCUT2D eigenvalue weighted by Gasteiger charge is -2.20. The first-order chi connectivity index (χ1) is 11.2. The normalized spacial score (nSPS) is 11.2. The smallest absolute Gasteiger partial charge is 0.328 e. The van der Waals surface area contributed by atoms with Crippen LogP contribution in [0.25, 0.3) is 0 Å². The number of benzene rings is 1. The number of carbonyl (C=O) groups is 2. The van der Waals surface area contributed by atoms with Crippen LogP contribution in [0.5, 0.6) is 5.75 Å². The second-order valence-electron chi connectivity index (χ2n) is 5.88. The molecule has 0 spiro atoms. The lowest BCUT2D eigenvalue weighted by Crippen LogP contribution is -2.38. The van der Waals surface area contributed by atoms with Crippen LogP contribution in [0.3, 0.4) is 0 Å². The molecule has 0 unspecified atom stereocenters. The van der Waals surface area contributed by atoms with Crippen LogP contribution in [-0.2, 0) is 14.3 Å². The van der Waals surface area contributed by atoms with E-state index < -0.39 is 40.6 Å². The predicted molar refractivity (Wildman–Crippen MR) is 80.8 cm³/mol. The molecule has 0 fully saturated rings. The molecular formula is C17H21F3O4. The molecule has 1 rings (SSSR count). The van der Waals surface area contributed by atoms with Gasteiger partial charge in [-0.05, 0) is 32.4 Å². The highest BCUT2D eigenvalue weighted by Gasteiger charge is 2.40. The van der Waals surface area contributed by atoms with Crippen LogP contribution in [0.2, 0.25) is 0 Å².